The second-order valence-corrected chi connectivity index (χ2v) is 7.21. The number of hydrogen-bond acceptors (Lipinski definition) is 3. The molecule has 1 unspecified atom stereocenters. The Labute approximate surface area is 150 Å². The molecule has 24 heavy (non-hydrogen) atoms. The van der Waals surface area contributed by atoms with E-state index in [4.69, 9.17) is 11.2 Å². The molecule has 1 aliphatic heterocycles. The van der Waals surface area contributed by atoms with Crippen molar-refractivity contribution < 1.29 is 4.74 Å². The fourth-order valence-corrected chi connectivity index (χ4v) is 4.07. The number of hydrogen-bond donors (Lipinski definition) is 0. The highest BCUT2D eigenvalue weighted by Crippen LogP contribution is 2.41. The lowest BCUT2D eigenvalue weighted by Crippen LogP contribution is -2.36. The first kappa shape index (κ1) is 17.4. The number of allylic oxidation sites excluding steroid dienone is 3. The minimum absolute atomic E-state index is 0.452. The molecule has 0 aromatic heterocycles. The van der Waals surface area contributed by atoms with Crippen LogP contribution in [0.4, 0.5) is 0 Å². The highest BCUT2D eigenvalue weighted by molar-refractivity contribution is 8.02. The van der Waals surface area contributed by atoms with Gasteiger partial charge in [-0.15, -0.1) is 18.2 Å². The largest absolute Gasteiger partial charge is 0.379 e. The molecule has 3 rings (SSSR count). The fourth-order valence-electron chi connectivity index (χ4n) is 3.54. The van der Waals surface area contributed by atoms with Gasteiger partial charge in [-0.25, -0.2) is 0 Å². The van der Waals surface area contributed by atoms with Gasteiger partial charge >= 0.3 is 0 Å². The zero-order chi connectivity index (χ0) is 16.8. The van der Waals surface area contributed by atoms with Gasteiger partial charge in [0, 0.05) is 25.6 Å². The Morgan fingerprint density at radius 3 is 2.92 bits per heavy atom. The molecule has 1 saturated heterocycles. The predicted octanol–water partition coefficient (Wildman–Crippen LogP) is 4.16. The van der Waals surface area contributed by atoms with Gasteiger partial charge in [-0.05, 0) is 46.8 Å². The van der Waals surface area contributed by atoms with E-state index in [1.807, 2.05) is 6.08 Å². The third kappa shape index (κ3) is 4.13. The average Bonchev–Trinajstić information content (AvgIpc) is 2.98. The Morgan fingerprint density at radius 2 is 2.17 bits per heavy atom. The van der Waals surface area contributed by atoms with Crippen LogP contribution in [0.25, 0.3) is 5.57 Å². The molecule has 1 aromatic rings. The Balaban J connectivity index is 1.72. The third-order valence-corrected chi connectivity index (χ3v) is 5.65. The van der Waals surface area contributed by atoms with Crippen molar-refractivity contribution in [3.05, 3.63) is 52.4 Å². The maximum atomic E-state index is 5.46. The molecular weight excluding hydrogens is 314 g/mol. The summed E-state index contributed by atoms with van der Waals surface area (Å²) in [5.74, 6) is 3.13. The van der Waals surface area contributed by atoms with Crippen molar-refractivity contribution in [2.24, 2.45) is 0 Å². The van der Waals surface area contributed by atoms with Crippen LogP contribution in [0.15, 0.2) is 41.3 Å². The van der Waals surface area contributed by atoms with Crippen LogP contribution in [0.2, 0.25) is 0 Å². The predicted molar refractivity (Wildman–Crippen MR) is 104 cm³/mol. The van der Waals surface area contributed by atoms with Gasteiger partial charge in [-0.3, -0.25) is 4.90 Å². The van der Waals surface area contributed by atoms with Crippen LogP contribution in [-0.4, -0.2) is 44.0 Å². The van der Waals surface area contributed by atoms with Crippen molar-refractivity contribution >= 4 is 17.3 Å². The van der Waals surface area contributed by atoms with Gasteiger partial charge in [0.1, 0.15) is 0 Å². The number of rotatable bonds is 6. The van der Waals surface area contributed by atoms with E-state index in [0.29, 0.717) is 5.92 Å². The number of terminal acetylenes is 1. The van der Waals surface area contributed by atoms with Gasteiger partial charge in [-0.2, -0.15) is 0 Å². The fraction of sp³-hybridized carbons (Fsp3) is 0.429. The maximum absolute atomic E-state index is 5.46. The lowest BCUT2D eigenvalue weighted by atomic mass is 9.97. The van der Waals surface area contributed by atoms with Crippen LogP contribution in [0.1, 0.15) is 29.9 Å². The van der Waals surface area contributed by atoms with Crippen molar-refractivity contribution in [3.8, 4) is 12.3 Å². The Hall–Kier alpha value is -1.47. The summed E-state index contributed by atoms with van der Waals surface area (Å²) >= 11 is 1.76. The van der Waals surface area contributed by atoms with Crippen molar-refractivity contribution in [1.29, 1.82) is 0 Å². The quantitative estimate of drug-likeness (QED) is 0.722. The van der Waals surface area contributed by atoms with E-state index >= 15 is 0 Å². The van der Waals surface area contributed by atoms with Gasteiger partial charge in [0.2, 0.25) is 0 Å². The topological polar surface area (TPSA) is 12.5 Å². The highest BCUT2D eigenvalue weighted by atomic mass is 32.2. The molecule has 1 atom stereocenters. The van der Waals surface area contributed by atoms with Crippen LogP contribution in [0, 0.1) is 12.3 Å². The molecule has 1 aromatic carbocycles. The Bertz CT molecular complexity index is 665. The van der Waals surface area contributed by atoms with Crippen molar-refractivity contribution in [2.75, 3.05) is 39.1 Å². The second kappa shape index (κ2) is 8.58. The number of morpholine rings is 1. The van der Waals surface area contributed by atoms with Gasteiger partial charge < -0.3 is 4.74 Å². The molecule has 2 aliphatic rings. The van der Waals surface area contributed by atoms with E-state index in [0.717, 1.165) is 45.7 Å². The minimum Gasteiger partial charge on any atom is -0.379 e. The first-order valence-corrected chi connectivity index (χ1v) is 9.83. The van der Waals surface area contributed by atoms with Crippen LogP contribution in [0.3, 0.4) is 0 Å². The summed E-state index contributed by atoms with van der Waals surface area (Å²) in [6, 6.07) is 8.83. The Morgan fingerprint density at radius 1 is 1.38 bits per heavy atom. The number of ether oxygens (including phenoxy) is 1. The van der Waals surface area contributed by atoms with E-state index in [1.54, 1.807) is 11.8 Å². The summed E-state index contributed by atoms with van der Waals surface area (Å²) in [4.78, 5) is 3.79. The van der Waals surface area contributed by atoms with Crippen molar-refractivity contribution in [1.82, 2.24) is 4.90 Å². The first-order valence-electron chi connectivity index (χ1n) is 8.61. The molecule has 2 nitrogen and oxygen atoms in total. The molecular formula is C21H25NOS. The van der Waals surface area contributed by atoms with Gasteiger partial charge in [0.15, 0.2) is 0 Å². The lowest BCUT2D eigenvalue weighted by Gasteiger charge is -2.26. The molecule has 1 heterocycles. The van der Waals surface area contributed by atoms with E-state index < -0.39 is 0 Å². The summed E-state index contributed by atoms with van der Waals surface area (Å²) in [5, 5.41) is 0. The standard InChI is InChI=1S/C21H25NOS/c1-3-6-19(24-2)16-18-15-17(20-7-4-5-8-21(18)20)9-10-22-11-13-23-14-12-22/h1,4-8,15,18H,9-14,16H2,2H3. The van der Waals surface area contributed by atoms with Crippen molar-refractivity contribution in [2.45, 2.75) is 18.8 Å². The summed E-state index contributed by atoms with van der Waals surface area (Å²) in [7, 11) is 0. The number of nitrogens with zero attached hydrogens (tertiary/aromatic N) is 1. The number of benzene rings is 1. The summed E-state index contributed by atoms with van der Waals surface area (Å²) in [6.07, 6.45) is 14.1. The van der Waals surface area contributed by atoms with E-state index in [2.05, 4.69) is 47.4 Å². The van der Waals surface area contributed by atoms with Crippen LogP contribution >= 0.6 is 11.8 Å². The normalized spacial score (nSPS) is 21.2. The second-order valence-electron chi connectivity index (χ2n) is 6.28. The van der Waals surface area contributed by atoms with Crippen molar-refractivity contribution in [3.63, 3.8) is 0 Å². The van der Waals surface area contributed by atoms with E-state index in [9.17, 15) is 0 Å². The monoisotopic (exact) mass is 339 g/mol. The summed E-state index contributed by atoms with van der Waals surface area (Å²) in [5.41, 5.74) is 4.37. The smallest absolute Gasteiger partial charge is 0.0594 e. The van der Waals surface area contributed by atoms with E-state index in [-0.39, 0.29) is 0 Å². The average molecular weight is 340 g/mol. The molecule has 0 N–H and O–H groups in total. The molecule has 0 amide bonds. The zero-order valence-corrected chi connectivity index (χ0v) is 15.1. The molecule has 0 bridgehead atoms. The first-order chi connectivity index (χ1) is 11.8. The maximum Gasteiger partial charge on any atom is 0.0594 e. The van der Waals surface area contributed by atoms with Gasteiger partial charge in [-0.1, -0.05) is 36.3 Å². The third-order valence-electron chi connectivity index (χ3n) is 4.84. The Kier molecular flexibility index (Phi) is 6.20. The number of fused-ring (bicyclic) bond motifs is 1. The zero-order valence-electron chi connectivity index (χ0n) is 14.3. The molecule has 0 saturated carbocycles. The molecule has 126 valence electrons. The number of thioether (sulfide) groups is 1. The van der Waals surface area contributed by atoms with Crippen LogP contribution in [-0.2, 0) is 4.74 Å². The van der Waals surface area contributed by atoms with E-state index in [1.165, 1.54) is 21.6 Å². The van der Waals surface area contributed by atoms with Gasteiger partial charge in [0.05, 0.1) is 13.2 Å². The van der Waals surface area contributed by atoms with Crippen LogP contribution < -0.4 is 0 Å². The summed E-state index contributed by atoms with van der Waals surface area (Å²) < 4.78 is 5.44. The van der Waals surface area contributed by atoms with Gasteiger partial charge in [0.25, 0.3) is 0 Å². The molecule has 3 heteroatoms. The summed E-state index contributed by atoms with van der Waals surface area (Å²) in [6.45, 7) is 4.96. The highest BCUT2D eigenvalue weighted by Gasteiger charge is 2.24. The molecule has 1 aliphatic carbocycles. The SMILES string of the molecule is C#CC=C(CC1C=C(CCN2CCOCC2)c2ccccc21)SC. The minimum atomic E-state index is 0.452. The molecule has 0 spiro atoms. The molecule has 0 radical (unpaired) electrons. The molecule has 1 fully saturated rings. The van der Waals surface area contributed by atoms with Crippen LogP contribution in [0.5, 0.6) is 0 Å². The lowest BCUT2D eigenvalue weighted by molar-refractivity contribution is 0.0390.